The van der Waals surface area contributed by atoms with Crippen molar-refractivity contribution in [1.29, 1.82) is 0 Å². The molecule has 1 rings (SSSR count). The maximum absolute atomic E-state index is 10.8. The number of benzene rings is 1. The van der Waals surface area contributed by atoms with Crippen LogP contribution in [0.4, 0.5) is 0 Å². The van der Waals surface area contributed by atoms with Crippen molar-refractivity contribution in [2.75, 3.05) is 6.26 Å². The van der Waals surface area contributed by atoms with Crippen LogP contribution in [-0.2, 0) is 16.6 Å². The summed E-state index contributed by atoms with van der Waals surface area (Å²) in [7, 11) is -3.31. The quantitative estimate of drug-likeness (QED) is 0.846. The predicted octanol–water partition coefficient (Wildman–Crippen LogP) is 0.856. The lowest BCUT2D eigenvalue weighted by atomic mass is 10.1. The van der Waals surface area contributed by atoms with E-state index in [0.717, 1.165) is 6.26 Å². The van der Waals surface area contributed by atoms with Gasteiger partial charge in [0.1, 0.15) is 0 Å². The van der Waals surface area contributed by atoms with E-state index in [9.17, 15) is 13.2 Å². The molecular formula is C9H12ClNO4S. The van der Waals surface area contributed by atoms with Crippen molar-refractivity contribution < 1.29 is 18.3 Å². The second-order valence-corrected chi connectivity index (χ2v) is 4.89. The SMILES string of the molecule is CS(=O)(=O)NCc1ccccc1C(=O)O.Cl. The molecule has 5 nitrogen and oxygen atoms in total. The molecule has 0 spiro atoms. The van der Waals surface area contributed by atoms with Crippen molar-refractivity contribution in [2.45, 2.75) is 6.54 Å². The summed E-state index contributed by atoms with van der Waals surface area (Å²) in [5, 5.41) is 8.82. The molecule has 0 bridgehead atoms. The van der Waals surface area contributed by atoms with Gasteiger partial charge in [0, 0.05) is 6.54 Å². The standard InChI is InChI=1S/C9H11NO4S.ClH/c1-15(13,14)10-6-7-4-2-3-5-8(7)9(11)12;/h2-5,10H,6H2,1H3,(H,11,12);1H. The minimum atomic E-state index is -3.31. The number of rotatable bonds is 4. The third kappa shape index (κ3) is 4.61. The zero-order valence-electron chi connectivity index (χ0n) is 8.50. The summed E-state index contributed by atoms with van der Waals surface area (Å²) in [5.74, 6) is -1.07. The lowest BCUT2D eigenvalue weighted by Gasteiger charge is -2.05. The molecule has 0 atom stereocenters. The zero-order valence-corrected chi connectivity index (χ0v) is 10.1. The van der Waals surface area contributed by atoms with Gasteiger partial charge in [-0.15, -0.1) is 12.4 Å². The summed E-state index contributed by atoms with van der Waals surface area (Å²) in [5.41, 5.74) is 0.545. The number of halogens is 1. The molecule has 7 heteroatoms. The van der Waals surface area contributed by atoms with Crippen LogP contribution in [0.1, 0.15) is 15.9 Å². The van der Waals surface area contributed by atoms with E-state index >= 15 is 0 Å². The molecule has 1 aromatic rings. The Balaban J connectivity index is 0.00000225. The summed E-state index contributed by atoms with van der Waals surface area (Å²) >= 11 is 0. The monoisotopic (exact) mass is 265 g/mol. The van der Waals surface area contributed by atoms with Crippen LogP contribution in [0.25, 0.3) is 0 Å². The third-order valence-electron chi connectivity index (χ3n) is 1.77. The average Bonchev–Trinajstić information content (AvgIpc) is 2.14. The average molecular weight is 266 g/mol. The van der Waals surface area contributed by atoms with Gasteiger partial charge >= 0.3 is 5.97 Å². The minimum Gasteiger partial charge on any atom is -0.478 e. The lowest BCUT2D eigenvalue weighted by Crippen LogP contribution is -2.22. The van der Waals surface area contributed by atoms with E-state index in [4.69, 9.17) is 5.11 Å². The third-order valence-corrected chi connectivity index (χ3v) is 2.44. The Kier molecular flexibility index (Phi) is 5.43. The van der Waals surface area contributed by atoms with Crippen LogP contribution in [0.5, 0.6) is 0 Å². The summed E-state index contributed by atoms with van der Waals surface area (Å²) in [6.45, 7) is -0.0126. The molecule has 0 aliphatic heterocycles. The first-order valence-electron chi connectivity index (χ1n) is 4.16. The second-order valence-electron chi connectivity index (χ2n) is 3.06. The Labute approximate surface area is 99.9 Å². The molecular weight excluding hydrogens is 254 g/mol. The Bertz CT molecular complexity index is 472. The fourth-order valence-electron chi connectivity index (χ4n) is 1.09. The molecule has 90 valence electrons. The molecule has 0 saturated carbocycles. The second kappa shape index (κ2) is 5.83. The summed E-state index contributed by atoms with van der Waals surface area (Å²) in [6, 6.07) is 6.25. The van der Waals surface area contributed by atoms with E-state index in [1.54, 1.807) is 18.2 Å². The Morgan fingerprint density at radius 1 is 1.38 bits per heavy atom. The molecule has 0 heterocycles. The highest BCUT2D eigenvalue weighted by Gasteiger charge is 2.10. The highest BCUT2D eigenvalue weighted by atomic mass is 35.5. The van der Waals surface area contributed by atoms with Gasteiger partial charge in [0.15, 0.2) is 0 Å². The molecule has 0 saturated heterocycles. The van der Waals surface area contributed by atoms with E-state index in [0.29, 0.717) is 5.56 Å². The van der Waals surface area contributed by atoms with Crippen molar-refractivity contribution in [2.24, 2.45) is 0 Å². The first kappa shape index (κ1) is 14.9. The number of carboxylic acids is 1. The zero-order chi connectivity index (χ0) is 11.5. The normalized spacial score (nSPS) is 10.6. The Hall–Kier alpha value is -1.11. The van der Waals surface area contributed by atoms with Gasteiger partial charge in [0.25, 0.3) is 0 Å². The van der Waals surface area contributed by atoms with Crippen LogP contribution in [0.3, 0.4) is 0 Å². The maximum Gasteiger partial charge on any atom is 0.336 e. The number of carboxylic acid groups (broad SMARTS) is 1. The van der Waals surface area contributed by atoms with Gasteiger partial charge in [0.05, 0.1) is 11.8 Å². The Morgan fingerprint density at radius 2 is 1.94 bits per heavy atom. The summed E-state index contributed by atoms with van der Waals surface area (Å²) in [6.07, 6.45) is 1.02. The number of carbonyl (C=O) groups is 1. The molecule has 16 heavy (non-hydrogen) atoms. The fraction of sp³-hybridized carbons (Fsp3) is 0.222. The molecule has 0 radical (unpaired) electrons. The first-order valence-corrected chi connectivity index (χ1v) is 6.05. The Morgan fingerprint density at radius 3 is 2.44 bits per heavy atom. The number of sulfonamides is 1. The topological polar surface area (TPSA) is 83.5 Å². The minimum absolute atomic E-state index is 0. The first-order chi connectivity index (χ1) is 6.90. The van der Waals surface area contributed by atoms with Crippen molar-refractivity contribution in [3.63, 3.8) is 0 Å². The molecule has 0 amide bonds. The highest BCUT2D eigenvalue weighted by molar-refractivity contribution is 7.88. The molecule has 1 aromatic carbocycles. The van der Waals surface area contributed by atoms with Crippen LogP contribution in [-0.4, -0.2) is 25.7 Å². The van der Waals surface area contributed by atoms with Gasteiger partial charge in [-0.25, -0.2) is 17.9 Å². The molecule has 0 aliphatic carbocycles. The summed E-state index contributed by atoms with van der Waals surface area (Å²) < 4.78 is 23.9. The predicted molar refractivity (Wildman–Crippen MR) is 62.3 cm³/mol. The van der Waals surface area contributed by atoms with Crippen molar-refractivity contribution in [3.05, 3.63) is 35.4 Å². The van der Waals surface area contributed by atoms with Crippen molar-refractivity contribution >= 4 is 28.4 Å². The van der Waals surface area contributed by atoms with E-state index in [1.807, 2.05) is 0 Å². The fourth-order valence-corrected chi connectivity index (χ4v) is 1.51. The number of aromatic carboxylic acids is 1. The number of hydrogen-bond acceptors (Lipinski definition) is 3. The van der Waals surface area contributed by atoms with E-state index in [2.05, 4.69) is 4.72 Å². The smallest absolute Gasteiger partial charge is 0.336 e. The van der Waals surface area contributed by atoms with E-state index < -0.39 is 16.0 Å². The molecule has 0 fully saturated rings. The molecule has 0 aliphatic rings. The van der Waals surface area contributed by atoms with Gasteiger partial charge in [-0.3, -0.25) is 0 Å². The van der Waals surface area contributed by atoms with E-state index in [1.165, 1.54) is 6.07 Å². The summed E-state index contributed by atoms with van der Waals surface area (Å²) in [4.78, 5) is 10.8. The van der Waals surface area contributed by atoms with Crippen LogP contribution in [0.2, 0.25) is 0 Å². The van der Waals surface area contributed by atoms with Crippen LogP contribution < -0.4 is 4.72 Å². The van der Waals surface area contributed by atoms with Gasteiger partial charge < -0.3 is 5.11 Å². The van der Waals surface area contributed by atoms with Crippen LogP contribution in [0.15, 0.2) is 24.3 Å². The van der Waals surface area contributed by atoms with Gasteiger partial charge in [0.2, 0.25) is 10.0 Å². The van der Waals surface area contributed by atoms with Crippen molar-refractivity contribution in [1.82, 2.24) is 4.72 Å². The van der Waals surface area contributed by atoms with Crippen LogP contribution in [0, 0.1) is 0 Å². The van der Waals surface area contributed by atoms with E-state index in [-0.39, 0.29) is 24.5 Å². The largest absolute Gasteiger partial charge is 0.478 e. The highest BCUT2D eigenvalue weighted by Crippen LogP contribution is 2.08. The van der Waals surface area contributed by atoms with Gasteiger partial charge in [-0.1, -0.05) is 18.2 Å². The van der Waals surface area contributed by atoms with Crippen LogP contribution >= 0.6 is 12.4 Å². The molecule has 0 unspecified atom stereocenters. The lowest BCUT2D eigenvalue weighted by molar-refractivity contribution is 0.0695. The molecule has 0 aromatic heterocycles. The van der Waals surface area contributed by atoms with Crippen molar-refractivity contribution in [3.8, 4) is 0 Å². The maximum atomic E-state index is 10.8. The number of nitrogens with one attached hydrogen (secondary N) is 1. The number of hydrogen-bond donors (Lipinski definition) is 2. The van der Waals surface area contributed by atoms with Gasteiger partial charge in [-0.05, 0) is 11.6 Å². The molecule has 2 N–H and O–H groups in total. The van der Waals surface area contributed by atoms with Gasteiger partial charge in [-0.2, -0.15) is 0 Å².